The summed E-state index contributed by atoms with van der Waals surface area (Å²) in [5.74, 6) is 1.25. The lowest BCUT2D eigenvalue weighted by Crippen LogP contribution is -2.47. The Labute approximate surface area is 219 Å². The number of rotatable bonds is 9. The lowest BCUT2D eigenvalue weighted by atomic mass is 9.88. The molecule has 0 saturated carbocycles. The van der Waals surface area contributed by atoms with Gasteiger partial charge in [0.15, 0.2) is 0 Å². The molecule has 1 amide bonds. The first-order valence-electron chi connectivity index (χ1n) is 12.9. The molecule has 7 heteroatoms. The van der Waals surface area contributed by atoms with Crippen molar-refractivity contribution in [3.8, 4) is 5.75 Å². The fourth-order valence-electron chi connectivity index (χ4n) is 5.23. The summed E-state index contributed by atoms with van der Waals surface area (Å²) in [7, 11) is 0. The summed E-state index contributed by atoms with van der Waals surface area (Å²) >= 11 is 12.3. The zero-order valence-corrected chi connectivity index (χ0v) is 21.9. The van der Waals surface area contributed by atoms with Gasteiger partial charge in [-0.2, -0.15) is 0 Å². The SMILES string of the molecule is N[C@H](Cc1ccc(Cl)cc1)C(=O)N1CCC(c2ccc(Cl)cc2OCCCN2CCCCC2)CC1. The number of ether oxygens (including phenoxy) is 1. The van der Waals surface area contributed by atoms with Crippen LogP contribution in [0.4, 0.5) is 0 Å². The zero-order valence-electron chi connectivity index (χ0n) is 20.4. The van der Waals surface area contributed by atoms with Crippen LogP contribution >= 0.6 is 23.2 Å². The maximum atomic E-state index is 13.0. The molecule has 4 rings (SSSR count). The number of piperidine rings is 2. The van der Waals surface area contributed by atoms with Crippen molar-refractivity contribution in [3.05, 3.63) is 63.6 Å². The maximum absolute atomic E-state index is 13.0. The van der Waals surface area contributed by atoms with E-state index in [1.807, 2.05) is 41.3 Å². The molecular weight excluding hydrogens is 481 g/mol. The summed E-state index contributed by atoms with van der Waals surface area (Å²) in [5.41, 5.74) is 8.48. The van der Waals surface area contributed by atoms with Gasteiger partial charge in [0.2, 0.25) is 5.91 Å². The molecule has 2 N–H and O–H groups in total. The minimum Gasteiger partial charge on any atom is -0.493 e. The number of likely N-dealkylation sites (tertiary alicyclic amines) is 2. The van der Waals surface area contributed by atoms with Crippen molar-refractivity contribution in [3.63, 3.8) is 0 Å². The number of carbonyl (C=O) groups is 1. The van der Waals surface area contributed by atoms with E-state index in [1.54, 1.807) is 0 Å². The summed E-state index contributed by atoms with van der Waals surface area (Å²) < 4.78 is 6.23. The van der Waals surface area contributed by atoms with Crippen molar-refractivity contribution >= 4 is 29.1 Å². The lowest BCUT2D eigenvalue weighted by Gasteiger charge is -2.34. The van der Waals surface area contributed by atoms with Crippen molar-refractivity contribution in [1.82, 2.24) is 9.80 Å². The van der Waals surface area contributed by atoms with Crippen LogP contribution in [0.25, 0.3) is 0 Å². The number of carbonyl (C=O) groups excluding carboxylic acids is 1. The van der Waals surface area contributed by atoms with Gasteiger partial charge in [-0.15, -0.1) is 0 Å². The van der Waals surface area contributed by atoms with E-state index in [-0.39, 0.29) is 5.91 Å². The maximum Gasteiger partial charge on any atom is 0.239 e. The molecular formula is C28H37Cl2N3O2. The number of amides is 1. The van der Waals surface area contributed by atoms with Gasteiger partial charge in [-0.1, -0.05) is 47.8 Å². The summed E-state index contributed by atoms with van der Waals surface area (Å²) in [4.78, 5) is 17.4. The van der Waals surface area contributed by atoms with Crippen molar-refractivity contribution in [2.24, 2.45) is 5.73 Å². The second-order valence-electron chi connectivity index (χ2n) is 9.82. The number of hydrogen-bond donors (Lipinski definition) is 1. The number of hydrogen-bond acceptors (Lipinski definition) is 4. The van der Waals surface area contributed by atoms with Gasteiger partial charge in [0.1, 0.15) is 5.75 Å². The average Bonchev–Trinajstić information content (AvgIpc) is 2.88. The summed E-state index contributed by atoms with van der Waals surface area (Å²) in [6.45, 7) is 5.61. The first-order chi connectivity index (χ1) is 17.0. The van der Waals surface area contributed by atoms with E-state index in [0.29, 0.717) is 42.1 Å². The molecule has 0 aliphatic carbocycles. The topological polar surface area (TPSA) is 58.8 Å². The van der Waals surface area contributed by atoms with Crippen molar-refractivity contribution < 1.29 is 9.53 Å². The molecule has 35 heavy (non-hydrogen) atoms. The number of nitrogens with zero attached hydrogens (tertiary/aromatic N) is 2. The molecule has 2 aliphatic heterocycles. The predicted octanol–water partition coefficient (Wildman–Crippen LogP) is 5.52. The van der Waals surface area contributed by atoms with Crippen LogP contribution in [0.5, 0.6) is 5.75 Å². The largest absolute Gasteiger partial charge is 0.493 e. The minimum absolute atomic E-state index is 0.0173. The first kappa shape index (κ1) is 26.3. The van der Waals surface area contributed by atoms with Crippen LogP contribution < -0.4 is 10.5 Å². The molecule has 1 atom stereocenters. The van der Waals surface area contributed by atoms with E-state index in [2.05, 4.69) is 11.0 Å². The highest BCUT2D eigenvalue weighted by Crippen LogP contribution is 2.36. The molecule has 0 aromatic heterocycles. The second kappa shape index (κ2) is 13.0. The monoisotopic (exact) mass is 517 g/mol. The molecule has 2 fully saturated rings. The molecule has 5 nitrogen and oxygen atoms in total. The van der Waals surface area contributed by atoms with Gasteiger partial charge in [-0.3, -0.25) is 4.79 Å². The Morgan fingerprint density at radius 2 is 1.66 bits per heavy atom. The van der Waals surface area contributed by atoms with E-state index in [1.165, 1.54) is 37.9 Å². The quantitative estimate of drug-likeness (QED) is 0.444. The van der Waals surface area contributed by atoms with Crippen molar-refractivity contribution in [1.29, 1.82) is 0 Å². The smallest absolute Gasteiger partial charge is 0.239 e. The Morgan fingerprint density at radius 1 is 0.971 bits per heavy atom. The molecule has 2 aliphatic rings. The van der Waals surface area contributed by atoms with Crippen LogP contribution in [0.1, 0.15) is 55.6 Å². The first-order valence-corrected chi connectivity index (χ1v) is 13.7. The van der Waals surface area contributed by atoms with Gasteiger partial charge >= 0.3 is 0 Å². The van der Waals surface area contributed by atoms with Gasteiger partial charge in [-0.05, 0) is 92.9 Å². The van der Waals surface area contributed by atoms with E-state index in [4.69, 9.17) is 33.7 Å². The predicted molar refractivity (Wildman–Crippen MR) is 144 cm³/mol. The fourth-order valence-corrected chi connectivity index (χ4v) is 5.52. The Morgan fingerprint density at radius 3 is 2.37 bits per heavy atom. The van der Waals surface area contributed by atoms with Gasteiger partial charge < -0.3 is 20.3 Å². The van der Waals surface area contributed by atoms with Crippen LogP contribution in [-0.2, 0) is 11.2 Å². The zero-order chi connectivity index (χ0) is 24.6. The van der Waals surface area contributed by atoms with Gasteiger partial charge in [-0.25, -0.2) is 0 Å². The Hall–Kier alpha value is -1.79. The summed E-state index contributed by atoms with van der Waals surface area (Å²) in [6, 6.07) is 13.0. The molecule has 0 radical (unpaired) electrons. The molecule has 0 bridgehead atoms. The van der Waals surface area contributed by atoms with Crippen LogP contribution in [0.2, 0.25) is 10.0 Å². The van der Waals surface area contributed by atoms with Crippen LogP contribution in [0.3, 0.4) is 0 Å². The number of halogens is 2. The van der Waals surface area contributed by atoms with Crippen LogP contribution in [0.15, 0.2) is 42.5 Å². The number of benzene rings is 2. The van der Waals surface area contributed by atoms with Gasteiger partial charge in [0.25, 0.3) is 0 Å². The molecule has 2 aromatic rings. The fraction of sp³-hybridized carbons (Fsp3) is 0.536. The van der Waals surface area contributed by atoms with Crippen LogP contribution in [-0.4, -0.2) is 61.1 Å². The standard InChI is InChI=1S/C28H37Cl2N3O2/c29-23-7-5-21(6-8-23)19-26(31)28(34)33-16-11-22(12-17-33)25-10-9-24(30)20-27(25)35-18-4-15-32-13-2-1-3-14-32/h5-10,20,22,26H,1-4,11-19,31H2/t26-/m1/s1. The third-order valence-electron chi connectivity index (χ3n) is 7.23. The summed E-state index contributed by atoms with van der Waals surface area (Å²) in [5, 5.41) is 1.38. The minimum atomic E-state index is -0.540. The second-order valence-corrected chi connectivity index (χ2v) is 10.7. The van der Waals surface area contributed by atoms with E-state index in [9.17, 15) is 4.79 Å². The summed E-state index contributed by atoms with van der Waals surface area (Å²) in [6.07, 6.45) is 7.31. The van der Waals surface area contributed by atoms with Crippen molar-refractivity contribution in [2.45, 2.75) is 56.9 Å². The van der Waals surface area contributed by atoms with E-state index < -0.39 is 6.04 Å². The van der Waals surface area contributed by atoms with E-state index >= 15 is 0 Å². The average molecular weight is 519 g/mol. The third kappa shape index (κ3) is 7.60. The Kier molecular flexibility index (Phi) is 9.73. The molecule has 0 unspecified atom stereocenters. The van der Waals surface area contributed by atoms with E-state index in [0.717, 1.165) is 37.1 Å². The Balaban J connectivity index is 1.27. The molecule has 2 saturated heterocycles. The normalized spacial score (nSPS) is 18.4. The van der Waals surface area contributed by atoms with Gasteiger partial charge in [0.05, 0.1) is 12.6 Å². The molecule has 2 heterocycles. The number of nitrogens with two attached hydrogens (primary N) is 1. The lowest BCUT2D eigenvalue weighted by molar-refractivity contribution is -0.133. The van der Waals surface area contributed by atoms with Gasteiger partial charge in [0, 0.05) is 29.7 Å². The highest BCUT2D eigenvalue weighted by Gasteiger charge is 2.28. The van der Waals surface area contributed by atoms with Crippen molar-refractivity contribution in [2.75, 3.05) is 39.3 Å². The molecule has 2 aromatic carbocycles. The molecule has 190 valence electrons. The Bertz CT molecular complexity index is 955. The molecule has 0 spiro atoms. The highest BCUT2D eigenvalue weighted by molar-refractivity contribution is 6.30. The van der Waals surface area contributed by atoms with Crippen LogP contribution in [0, 0.1) is 0 Å². The third-order valence-corrected chi connectivity index (χ3v) is 7.72. The highest BCUT2D eigenvalue weighted by atomic mass is 35.5.